The van der Waals surface area contributed by atoms with Crippen molar-refractivity contribution in [3.05, 3.63) is 58.1 Å². The zero-order chi connectivity index (χ0) is 16.1. The predicted octanol–water partition coefficient (Wildman–Crippen LogP) is 3.10. The van der Waals surface area contributed by atoms with E-state index in [1.165, 1.54) is 18.2 Å². The Balaban J connectivity index is 2.21. The van der Waals surface area contributed by atoms with Crippen LogP contribution in [0.3, 0.4) is 0 Å². The Labute approximate surface area is 128 Å². The second-order valence-corrected chi connectivity index (χ2v) is 5.28. The maximum absolute atomic E-state index is 12.9. The van der Waals surface area contributed by atoms with Gasteiger partial charge in [-0.2, -0.15) is 0 Å². The topological polar surface area (TPSA) is 62.0 Å². The van der Waals surface area contributed by atoms with Crippen molar-refractivity contribution in [3.8, 4) is 11.3 Å². The van der Waals surface area contributed by atoms with Crippen LogP contribution in [-0.2, 0) is 0 Å². The van der Waals surface area contributed by atoms with Crippen LogP contribution in [0.25, 0.3) is 11.3 Å². The van der Waals surface area contributed by atoms with Crippen molar-refractivity contribution >= 4 is 5.91 Å². The number of carbonyl (C=O) groups is 1. The average Bonchev–Trinajstić information content (AvgIpc) is 2.47. The first kappa shape index (κ1) is 15.9. The maximum atomic E-state index is 12.9. The highest BCUT2D eigenvalue weighted by Gasteiger charge is 2.13. The molecule has 0 fully saturated rings. The Morgan fingerprint density at radius 1 is 1.23 bits per heavy atom. The monoisotopic (exact) mass is 302 g/mol. The third-order valence-corrected chi connectivity index (χ3v) is 3.41. The number of pyridine rings is 1. The number of rotatable bonds is 5. The smallest absolute Gasteiger partial charge is 0.261 e. The van der Waals surface area contributed by atoms with Gasteiger partial charge in [-0.15, -0.1) is 0 Å². The molecule has 1 aromatic heterocycles. The highest BCUT2D eigenvalue weighted by Crippen LogP contribution is 2.16. The van der Waals surface area contributed by atoms with E-state index in [2.05, 4.69) is 10.3 Å². The predicted molar refractivity (Wildman–Crippen MR) is 84.3 cm³/mol. The summed E-state index contributed by atoms with van der Waals surface area (Å²) in [4.78, 5) is 26.8. The maximum Gasteiger partial charge on any atom is 0.261 e. The molecule has 0 saturated carbocycles. The van der Waals surface area contributed by atoms with Gasteiger partial charge in [0.25, 0.3) is 11.5 Å². The lowest BCUT2D eigenvalue weighted by molar-refractivity contribution is 0.0937. The SMILES string of the molecule is CCC[C@@H](C)NC(=O)c1ccc(-c2ccc(F)cc2)[nH]c1=O. The fourth-order valence-corrected chi connectivity index (χ4v) is 2.26. The molecule has 22 heavy (non-hydrogen) atoms. The van der Waals surface area contributed by atoms with Gasteiger partial charge >= 0.3 is 0 Å². The van der Waals surface area contributed by atoms with E-state index < -0.39 is 5.56 Å². The lowest BCUT2D eigenvalue weighted by Gasteiger charge is -2.12. The van der Waals surface area contributed by atoms with Crippen LogP contribution in [0.4, 0.5) is 4.39 Å². The van der Waals surface area contributed by atoms with Crippen LogP contribution < -0.4 is 10.9 Å². The Bertz CT molecular complexity index is 707. The molecule has 1 aromatic carbocycles. The minimum atomic E-state index is -0.456. The zero-order valence-corrected chi connectivity index (χ0v) is 12.7. The number of hydrogen-bond acceptors (Lipinski definition) is 2. The molecule has 0 aliphatic carbocycles. The van der Waals surface area contributed by atoms with Gasteiger partial charge in [-0.25, -0.2) is 4.39 Å². The van der Waals surface area contributed by atoms with Gasteiger partial charge in [0.1, 0.15) is 11.4 Å². The van der Waals surface area contributed by atoms with Crippen LogP contribution in [-0.4, -0.2) is 16.9 Å². The van der Waals surface area contributed by atoms with Crippen LogP contribution in [0, 0.1) is 5.82 Å². The number of nitrogens with one attached hydrogen (secondary N) is 2. The van der Waals surface area contributed by atoms with Crippen molar-refractivity contribution in [1.29, 1.82) is 0 Å². The number of amides is 1. The summed E-state index contributed by atoms with van der Waals surface area (Å²) >= 11 is 0. The Hall–Kier alpha value is -2.43. The molecule has 4 nitrogen and oxygen atoms in total. The molecule has 0 aliphatic rings. The van der Waals surface area contributed by atoms with Crippen LogP contribution in [0.1, 0.15) is 37.0 Å². The molecule has 116 valence electrons. The minimum absolute atomic E-state index is 0.0219. The number of benzene rings is 1. The third-order valence-electron chi connectivity index (χ3n) is 3.41. The van der Waals surface area contributed by atoms with Crippen molar-refractivity contribution in [1.82, 2.24) is 10.3 Å². The van der Waals surface area contributed by atoms with E-state index in [0.29, 0.717) is 11.3 Å². The largest absolute Gasteiger partial charge is 0.349 e. The van der Waals surface area contributed by atoms with E-state index in [9.17, 15) is 14.0 Å². The first-order valence-corrected chi connectivity index (χ1v) is 7.31. The number of aromatic nitrogens is 1. The fourth-order valence-electron chi connectivity index (χ4n) is 2.26. The third kappa shape index (κ3) is 3.81. The summed E-state index contributed by atoms with van der Waals surface area (Å²) < 4.78 is 12.9. The molecule has 1 amide bonds. The van der Waals surface area contributed by atoms with Crippen LogP contribution >= 0.6 is 0 Å². The molecule has 2 N–H and O–H groups in total. The molecule has 0 unspecified atom stereocenters. The van der Waals surface area contributed by atoms with Gasteiger partial charge in [0.05, 0.1) is 0 Å². The van der Waals surface area contributed by atoms with E-state index in [0.717, 1.165) is 12.8 Å². The van der Waals surface area contributed by atoms with Crippen molar-refractivity contribution < 1.29 is 9.18 Å². The molecule has 0 radical (unpaired) electrons. The fraction of sp³-hybridized carbons (Fsp3) is 0.294. The molecule has 1 atom stereocenters. The van der Waals surface area contributed by atoms with Crippen molar-refractivity contribution in [3.63, 3.8) is 0 Å². The quantitative estimate of drug-likeness (QED) is 0.891. The van der Waals surface area contributed by atoms with E-state index in [1.54, 1.807) is 18.2 Å². The lowest BCUT2D eigenvalue weighted by atomic mass is 10.1. The summed E-state index contributed by atoms with van der Waals surface area (Å²) in [6.45, 7) is 3.94. The van der Waals surface area contributed by atoms with Gasteiger partial charge in [0, 0.05) is 11.7 Å². The zero-order valence-electron chi connectivity index (χ0n) is 12.7. The highest BCUT2D eigenvalue weighted by molar-refractivity contribution is 5.94. The van der Waals surface area contributed by atoms with Gasteiger partial charge in [-0.05, 0) is 55.3 Å². The molecule has 0 aliphatic heterocycles. The molecule has 0 bridgehead atoms. The minimum Gasteiger partial charge on any atom is -0.349 e. The number of aromatic amines is 1. The average molecular weight is 302 g/mol. The number of carbonyl (C=O) groups excluding carboxylic acids is 1. The highest BCUT2D eigenvalue weighted by atomic mass is 19.1. The molecule has 5 heteroatoms. The van der Waals surface area contributed by atoms with E-state index in [-0.39, 0.29) is 23.3 Å². The van der Waals surface area contributed by atoms with Gasteiger partial charge in [0.15, 0.2) is 0 Å². The van der Waals surface area contributed by atoms with Crippen LogP contribution in [0.15, 0.2) is 41.2 Å². The molecule has 0 saturated heterocycles. The molecule has 0 spiro atoms. The first-order valence-electron chi connectivity index (χ1n) is 7.31. The summed E-state index contributed by atoms with van der Waals surface area (Å²) in [6, 6.07) is 8.95. The van der Waals surface area contributed by atoms with Gasteiger partial charge in [-0.3, -0.25) is 9.59 Å². The van der Waals surface area contributed by atoms with E-state index >= 15 is 0 Å². The molecule has 2 rings (SSSR count). The normalized spacial score (nSPS) is 12.0. The standard InChI is InChI=1S/C17H19FN2O2/c1-3-4-11(2)19-16(21)14-9-10-15(20-17(14)22)12-5-7-13(18)8-6-12/h5-11H,3-4H2,1-2H3,(H,19,21)(H,20,22)/t11-/m1/s1. The van der Waals surface area contributed by atoms with E-state index in [1.807, 2.05) is 13.8 Å². The summed E-state index contributed by atoms with van der Waals surface area (Å²) in [5.41, 5.74) is 0.852. The number of H-pyrrole nitrogens is 1. The Kier molecular flexibility index (Phi) is 5.09. The Morgan fingerprint density at radius 3 is 2.50 bits per heavy atom. The molecule has 2 aromatic rings. The summed E-state index contributed by atoms with van der Waals surface area (Å²) in [5.74, 6) is -0.722. The summed E-state index contributed by atoms with van der Waals surface area (Å²) in [6.07, 6.45) is 1.82. The van der Waals surface area contributed by atoms with Gasteiger partial charge in [-0.1, -0.05) is 13.3 Å². The van der Waals surface area contributed by atoms with E-state index in [4.69, 9.17) is 0 Å². The van der Waals surface area contributed by atoms with Crippen molar-refractivity contribution in [2.45, 2.75) is 32.7 Å². The van der Waals surface area contributed by atoms with Crippen LogP contribution in [0.2, 0.25) is 0 Å². The van der Waals surface area contributed by atoms with Crippen molar-refractivity contribution in [2.75, 3.05) is 0 Å². The van der Waals surface area contributed by atoms with Crippen molar-refractivity contribution in [2.24, 2.45) is 0 Å². The molecule has 1 heterocycles. The number of hydrogen-bond donors (Lipinski definition) is 2. The second kappa shape index (κ2) is 7.02. The second-order valence-electron chi connectivity index (χ2n) is 5.28. The molecular weight excluding hydrogens is 283 g/mol. The summed E-state index contributed by atoms with van der Waals surface area (Å²) in [5, 5.41) is 2.80. The van der Waals surface area contributed by atoms with Gasteiger partial charge in [0.2, 0.25) is 0 Å². The molecular formula is C17H19FN2O2. The Morgan fingerprint density at radius 2 is 1.91 bits per heavy atom. The first-order chi connectivity index (χ1) is 10.5. The van der Waals surface area contributed by atoms with Gasteiger partial charge < -0.3 is 10.3 Å². The number of halogens is 1. The lowest BCUT2D eigenvalue weighted by Crippen LogP contribution is -2.35. The summed E-state index contributed by atoms with van der Waals surface area (Å²) in [7, 11) is 0. The van der Waals surface area contributed by atoms with Crippen LogP contribution in [0.5, 0.6) is 0 Å².